The first-order valence-corrected chi connectivity index (χ1v) is 14.6. The summed E-state index contributed by atoms with van der Waals surface area (Å²) in [6.45, 7) is 0.132. The van der Waals surface area contributed by atoms with E-state index in [0.717, 1.165) is 0 Å². The number of amides is 1. The zero-order valence-electron chi connectivity index (χ0n) is 24.0. The third-order valence-corrected chi connectivity index (χ3v) is 8.07. The molecule has 252 valence electrons. The van der Waals surface area contributed by atoms with Gasteiger partial charge in [-0.2, -0.15) is 0 Å². The maximum absolute atomic E-state index is 12.7. The van der Waals surface area contributed by atoms with Crippen molar-refractivity contribution in [2.75, 3.05) is 32.8 Å². The predicted molar refractivity (Wildman–Crippen MR) is 148 cm³/mol. The number of ether oxygens (including phenoxy) is 4. The highest BCUT2D eigenvalue weighted by molar-refractivity contribution is 5.80. The second kappa shape index (κ2) is 16.9. The Morgan fingerprint density at radius 3 is 2.23 bits per heavy atom. The molecule has 0 unspecified atom stereocenters. The molecule has 3 rings (SSSR count). The lowest BCUT2D eigenvalue weighted by atomic mass is 9.83. The van der Waals surface area contributed by atoms with Crippen LogP contribution in [0.5, 0.6) is 0 Å². The minimum atomic E-state index is -1.59. The lowest BCUT2D eigenvalue weighted by Crippen LogP contribution is -2.69. The Bertz CT molecular complexity index is 851. The molecular formula is C25H50N6O12. The first-order chi connectivity index (χ1) is 20.4. The van der Waals surface area contributed by atoms with Crippen LogP contribution in [0.1, 0.15) is 25.7 Å². The van der Waals surface area contributed by atoms with Crippen LogP contribution < -0.4 is 33.6 Å². The number of carbonyl (C=O) groups is 1. The van der Waals surface area contributed by atoms with Crippen molar-refractivity contribution in [1.29, 1.82) is 0 Å². The van der Waals surface area contributed by atoms with E-state index in [9.17, 15) is 35.4 Å². The first kappa shape index (κ1) is 36.3. The van der Waals surface area contributed by atoms with Crippen molar-refractivity contribution in [3.63, 3.8) is 0 Å². The fourth-order valence-electron chi connectivity index (χ4n) is 5.51. The van der Waals surface area contributed by atoms with Gasteiger partial charge in [0, 0.05) is 19.2 Å². The largest absolute Gasteiger partial charge is 0.396 e. The van der Waals surface area contributed by atoms with Gasteiger partial charge in [-0.15, -0.1) is 0 Å². The Labute approximate surface area is 249 Å². The number of nitrogens with one attached hydrogen (secondary N) is 2. The second-order valence-corrected chi connectivity index (χ2v) is 11.4. The minimum absolute atomic E-state index is 0.00189. The van der Waals surface area contributed by atoms with Crippen molar-refractivity contribution >= 4 is 5.91 Å². The molecule has 3 fully saturated rings. The van der Waals surface area contributed by atoms with Gasteiger partial charge in [-0.05, 0) is 38.8 Å². The minimum Gasteiger partial charge on any atom is -0.396 e. The molecule has 1 amide bonds. The van der Waals surface area contributed by atoms with Gasteiger partial charge in [0.05, 0.1) is 36.9 Å². The van der Waals surface area contributed by atoms with E-state index in [-0.39, 0.29) is 39.0 Å². The summed E-state index contributed by atoms with van der Waals surface area (Å²) in [7, 11) is 0. The first-order valence-electron chi connectivity index (χ1n) is 14.6. The summed E-state index contributed by atoms with van der Waals surface area (Å²) in [5, 5.41) is 77.2. The monoisotopic (exact) mass is 626 g/mol. The quantitative estimate of drug-likeness (QED) is 0.0796. The molecular weight excluding hydrogens is 576 g/mol. The number of aliphatic hydroxyl groups is 7. The van der Waals surface area contributed by atoms with E-state index < -0.39 is 104 Å². The Hall–Kier alpha value is -1.17. The van der Waals surface area contributed by atoms with Crippen molar-refractivity contribution in [2.45, 2.75) is 117 Å². The molecule has 43 heavy (non-hydrogen) atoms. The molecule has 1 aliphatic carbocycles. The molecule has 18 nitrogen and oxygen atoms in total. The highest BCUT2D eigenvalue weighted by atomic mass is 16.7. The summed E-state index contributed by atoms with van der Waals surface area (Å²) in [5.41, 5.74) is 24.0. The van der Waals surface area contributed by atoms with Gasteiger partial charge in [-0.1, -0.05) is 0 Å². The third kappa shape index (κ3) is 9.19. The number of nitrogens with two attached hydrogens (primary N) is 4. The number of hydrogen-bond acceptors (Lipinski definition) is 17. The van der Waals surface area contributed by atoms with Crippen LogP contribution in [0.3, 0.4) is 0 Å². The summed E-state index contributed by atoms with van der Waals surface area (Å²) in [6, 6.07) is -4.00. The van der Waals surface area contributed by atoms with Gasteiger partial charge < -0.3 is 88.3 Å². The highest BCUT2D eigenvalue weighted by Crippen LogP contribution is 2.31. The number of rotatable bonds is 14. The smallest absolute Gasteiger partial charge is 0.249 e. The molecule has 15 atom stereocenters. The molecule has 3 aliphatic rings. The van der Waals surface area contributed by atoms with Crippen LogP contribution in [0.25, 0.3) is 0 Å². The van der Waals surface area contributed by atoms with Crippen LogP contribution in [-0.2, 0) is 23.7 Å². The molecule has 0 radical (unpaired) electrons. The summed E-state index contributed by atoms with van der Waals surface area (Å²) in [4.78, 5) is 12.7. The molecule has 2 saturated heterocycles. The molecule has 0 aromatic carbocycles. The summed E-state index contributed by atoms with van der Waals surface area (Å²) < 4.78 is 23.5. The highest BCUT2D eigenvalue weighted by Gasteiger charge is 2.51. The zero-order valence-corrected chi connectivity index (χ0v) is 24.0. The van der Waals surface area contributed by atoms with Gasteiger partial charge >= 0.3 is 0 Å². The van der Waals surface area contributed by atoms with Crippen LogP contribution in [0, 0.1) is 0 Å². The van der Waals surface area contributed by atoms with Gasteiger partial charge in [0.25, 0.3) is 0 Å². The Balaban J connectivity index is 1.79. The summed E-state index contributed by atoms with van der Waals surface area (Å²) in [6.07, 6.45) is -13.5. The average molecular weight is 627 g/mol. The summed E-state index contributed by atoms with van der Waals surface area (Å²) in [5.74, 6) is -0.795. The molecule has 17 N–H and O–H groups in total. The van der Waals surface area contributed by atoms with Crippen molar-refractivity contribution in [3.05, 3.63) is 0 Å². The number of hydrogen-bond donors (Lipinski definition) is 13. The van der Waals surface area contributed by atoms with Crippen molar-refractivity contribution in [3.8, 4) is 0 Å². The van der Waals surface area contributed by atoms with E-state index in [1.807, 2.05) is 0 Å². The van der Waals surface area contributed by atoms with E-state index in [0.29, 0.717) is 13.0 Å². The molecule has 2 heterocycles. The van der Waals surface area contributed by atoms with Crippen molar-refractivity contribution < 1.29 is 59.5 Å². The van der Waals surface area contributed by atoms with Gasteiger partial charge in [-0.3, -0.25) is 4.79 Å². The number of carbonyl (C=O) groups excluding carboxylic acids is 1. The van der Waals surface area contributed by atoms with E-state index in [1.165, 1.54) is 0 Å². The molecule has 2 aliphatic heterocycles. The molecule has 0 spiro atoms. The molecule has 1 saturated carbocycles. The van der Waals surface area contributed by atoms with E-state index in [1.54, 1.807) is 0 Å². The van der Waals surface area contributed by atoms with Gasteiger partial charge in [0.1, 0.15) is 42.7 Å². The maximum Gasteiger partial charge on any atom is 0.249 e. The van der Waals surface area contributed by atoms with Crippen molar-refractivity contribution in [2.24, 2.45) is 22.9 Å². The van der Waals surface area contributed by atoms with Crippen LogP contribution in [0.15, 0.2) is 0 Å². The maximum atomic E-state index is 12.7. The fraction of sp³-hybridized carbons (Fsp3) is 0.960. The predicted octanol–water partition coefficient (Wildman–Crippen LogP) is -7.42. The Morgan fingerprint density at radius 2 is 1.58 bits per heavy atom. The molecule has 0 aromatic heterocycles. The summed E-state index contributed by atoms with van der Waals surface area (Å²) >= 11 is 0. The topological polar surface area (TPSA) is 324 Å². The van der Waals surface area contributed by atoms with Crippen LogP contribution in [-0.4, -0.2) is 166 Å². The lowest BCUT2D eigenvalue weighted by molar-refractivity contribution is -0.316. The molecule has 0 aromatic rings. The fourth-order valence-corrected chi connectivity index (χ4v) is 5.51. The van der Waals surface area contributed by atoms with Gasteiger partial charge in [0.2, 0.25) is 5.91 Å². The normalized spacial score (nSPS) is 42.9. The van der Waals surface area contributed by atoms with Crippen LogP contribution >= 0.6 is 0 Å². The Kier molecular flexibility index (Phi) is 14.3. The van der Waals surface area contributed by atoms with E-state index in [4.69, 9.17) is 47.0 Å². The van der Waals surface area contributed by atoms with E-state index in [2.05, 4.69) is 10.6 Å². The molecule has 18 heteroatoms. The molecule has 0 bridgehead atoms. The van der Waals surface area contributed by atoms with Gasteiger partial charge in [-0.25, -0.2) is 0 Å². The second-order valence-electron chi connectivity index (χ2n) is 11.4. The van der Waals surface area contributed by atoms with Crippen LogP contribution in [0.4, 0.5) is 0 Å². The zero-order chi connectivity index (χ0) is 31.8. The average Bonchev–Trinajstić information content (AvgIpc) is 2.97. The van der Waals surface area contributed by atoms with Gasteiger partial charge in [0.15, 0.2) is 12.6 Å². The lowest BCUT2D eigenvalue weighted by Gasteiger charge is -2.48. The standard InChI is InChI=1S/C25H50N6O12/c26-3-2-13(34)23(39)31-12-6-10(27)21(42-24-11(28)7-14(35)15(40-24)8-30-4-1-5-32)20(38)22(12)43-25-19(37)17(29)18(36)16(9-33)41-25/h10-22,24-25,30,32-38H,1-9,26-29H2,(H,31,39)/t10-,11+,12+,13-,14-,15+,16+,17-,18+,19+,20-,21+,22-,24+,25+/m0/s1. The number of aliphatic hydroxyl groups excluding tert-OH is 7. The SMILES string of the molecule is NCC[C@H](O)C(=O)N[C@@H]1C[C@H](N)[C@@H](O[C@H]2O[C@H](CNCCCO)[C@@H](O)C[C@H]2N)[C@H](O)[C@H]1O[C@H]1O[C@H](CO)[C@@H](O)[C@H](N)[C@H]1O. The van der Waals surface area contributed by atoms with Crippen molar-refractivity contribution in [1.82, 2.24) is 10.6 Å². The Morgan fingerprint density at radius 1 is 0.907 bits per heavy atom. The van der Waals surface area contributed by atoms with E-state index >= 15 is 0 Å². The third-order valence-electron chi connectivity index (χ3n) is 8.07. The van der Waals surface area contributed by atoms with Crippen LogP contribution in [0.2, 0.25) is 0 Å².